The first kappa shape index (κ1) is 11.1. The molecule has 92 valence electrons. The van der Waals surface area contributed by atoms with Gasteiger partial charge >= 0.3 is 0 Å². The summed E-state index contributed by atoms with van der Waals surface area (Å²) in [6, 6.07) is 14.5. The lowest BCUT2D eigenvalue weighted by molar-refractivity contribution is 0.0656. The van der Waals surface area contributed by atoms with Crippen LogP contribution in [0.15, 0.2) is 48.5 Å². The number of hydrogen-bond acceptors (Lipinski definition) is 3. The molecular weight excluding hydrogens is 228 g/mol. The Kier molecular flexibility index (Phi) is 2.68. The number of aliphatic hydroxyl groups is 1. The van der Waals surface area contributed by atoms with Crippen LogP contribution in [0, 0.1) is 0 Å². The fourth-order valence-electron chi connectivity index (χ4n) is 2.32. The van der Waals surface area contributed by atoms with Crippen LogP contribution in [-0.4, -0.2) is 10.2 Å². The number of hydrogen-bond donors (Lipinski definition) is 2. The lowest BCUT2D eigenvalue weighted by Crippen LogP contribution is -2.18. The minimum atomic E-state index is -0.526. The number of ether oxygens (including phenoxy) is 1. The van der Waals surface area contributed by atoms with Gasteiger partial charge in [-0.3, -0.25) is 0 Å². The molecule has 2 atom stereocenters. The van der Waals surface area contributed by atoms with Crippen molar-refractivity contribution in [1.82, 2.24) is 0 Å². The molecule has 1 unspecified atom stereocenters. The smallest absolute Gasteiger partial charge is 0.127 e. The lowest BCUT2D eigenvalue weighted by Gasteiger charge is -2.29. The van der Waals surface area contributed by atoms with Gasteiger partial charge in [0.2, 0.25) is 0 Å². The zero-order valence-corrected chi connectivity index (χ0v) is 9.78. The number of rotatable bonds is 1. The highest BCUT2D eigenvalue weighted by atomic mass is 16.5. The normalized spacial score (nSPS) is 22.1. The van der Waals surface area contributed by atoms with Crippen LogP contribution in [0.4, 0.5) is 0 Å². The number of benzene rings is 2. The highest BCUT2D eigenvalue weighted by Crippen LogP contribution is 2.40. The van der Waals surface area contributed by atoms with E-state index in [1.54, 1.807) is 18.2 Å². The van der Waals surface area contributed by atoms with Crippen molar-refractivity contribution >= 4 is 0 Å². The molecule has 3 heteroatoms. The molecule has 0 amide bonds. The largest absolute Gasteiger partial charge is 0.508 e. The van der Waals surface area contributed by atoms with Crippen molar-refractivity contribution in [2.24, 2.45) is 0 Å². The van der Waals surface area contributed by atoms with E-state index in [0.717, 1.165) is 11.1 Å². The molecule has 0 fully saturated rings. The van der Waals surface area contributed by atoms with Crippen molar-refractivity contribution in [3.8, 4) is 11.5 Å². The molecule has 0 radical (unpaired) electrons. The SMILES string of the molecule is Oc1cccc(C2C[C@H](O)c3ccccc3O2)c1. The van der Waals surface area contributed by atoms with E-state index in [4.69, 9.17) is 4.74 Å². The number of fused-ring (bicyclic) bond motifs is 1. The molecule has 0 saturated heterocycles. The summed E-state index contributed by atoms with van der Waals surface area (Å²) < 4.78 is 5.87. The van der Waals surface area contributed by atoms with Gasteiger partial charge in [-0.15, -0.1) is 0 Å². The van der Waals surface area contributed by atoms with Gasteiger partial charge in [-0.2, -0.15) is 0 Å². The molecule has 0 saturated carbocycles. The first-order valence-electron chi connectivity index (χ1n) is 5.96. The number of aliphatic hydroxyl groups excluding tert-OH is 1. The summed E-state index contributed by atoms with van der Waals surface area (Å²) in [5, 5.41) is 19.6. The topological polar surface area (TPSA) is 49.7 Å². The average molecular weight is 242 g/mol. The molecule has 0 spiro atoms. The van der Waals surface area contributed by atoms with Gasteiger partial charge in [0.05, 0.1) is 6.10 Å². The Morgan fingerprint density at radius 1 is 1.06 bits per heavy atom. The van der Waals surface area contributed by atoms with E-state index in [1.165, 1.54) is 0 Å². The van der Waals surface area contributed by atoms with Crippen molar-refractivity contribution in [3.63, 3.8) is 0 Å². The fraction of sp³-hybridized carbons (Fsp3) is 0.200. The quantitative estimate of drug-likeness (QED) is 0.808. The van der Waals surface area contributed by atoms with Crippen LogP contribution in [-0.2, 0) is 0 Å². The second-order valence-corrected chi connectivity index (χ2v) is 4.49. The number of aromatic hydroxyl groups is 1. The van der Waals surface area contributed by atoms with E-state index < -0.39 is 6.10 Å². The third kappa shape index (κ3) is 1.93. The van der Waals surface area contributed by atoms with Gasteiger partial charge in [0.1, 0.15) is 17.6 Å². The second-order valence-electron chi connectivity index (χ2n) is 4.49. The first-order valence-corrected chi connectivity index (χ1v) is 5.96. The maximum Gasteiger partial charge on any atom is 0.127 e. The first-order chi connectivity index (χ1) is 8.74. The Balaban J connectivity index is 1.94. The molecule has 2 N–H and O–H groups in total. The highest BCUT2D eigenvalue weighted by molar-refractivity contribution is 5.39. The number of phenols is 1. The second kappa shape index (κ2) is 4.35. The van der Waals surface area contributed by atoms with Crippen molar-refractivity contribution in [2.75, 3.05) is 0 Å². The highest BCUT2D eigenvalue weighted by Gasteiger charge is 2.27. The maximum absolute atomic E-state index is 10.1. The average Bonchev–Trinajstić information content (AvgIpc) is 2.39. The Bertz CT molecular complexity index is 565. The maximum atomic E-state index is 10.1. The van der Waals surface area contributed by atoms with Gasteiger partial charge in [-0.25, -0.2) is 0 Å². The van der Waals surface area contributed by atoms with Crippen LogP contribution in [0.5, 0.6) is 11.5 Å². The monoisotopic (exact) mass is 242 g/mol. The molecule has 3 nitrogen and oxygen atoms in total. The van der Waals surface area contributed by atoms with E-state index in [2.05, 4.69) is 0 Å². The van der Waals surface area contributed by atoms with Crippen LogP contribution < -0.4 is 4.74 Å². The lowest BCUT2D eigenvalue weighted by atomic mass is 9.95. The van der Waals surface area contributed by atoms with Gasteiger partial charge in [0, 0.05) is 12.0 Å². The summed E-state index contributed by atoms with van der Waals surface area (Å²) in [6.45, 7) is 0. The zero-order valence-electron chi connectivity index (χ0n) is 9.78. The molecule has 3 rings (SSSR count). The molecule has 18 heavy (non-hydrogen) atoms. The molecule has 1 aliphatic heterocycles. The van der Waals surface area contributed by atoms with E-state index in [1.807, 2.05) is 30.3 Å². The van der Waals surface area contributed by atoms with E-state index in [9.17, 15) is 10.2 Å². The molecule has 2 aromatic carbocycles. The van der Waals surface area contributed by atoms with Crippen molar-refractivity contribution in [3.05, 3.63) is 59.7 Å². The summed E-state index contributed by atoms with van der Waals surface area (Å²) in [4.78, 5) is 0. The predicted octanol–water partition coefficient (Wildman–Crippen LogP) is 2.95. The summed E-state index contributed by atoms with van der Waals surface area (Å²) in [5.41, 5.74) is 1.71. The Morgan fingerprint density at radius 3 is 2.72 bits per heavy atom. The van der Waals surface area contributed by atoms with Gasteiger partial charge in [-0.05, 0) is 23.8 Å². The van der Waals surface area contributed by atoms with Crippen molar-refractivity contribution in [2.45, 2.75) is 18.6 Å². The van der Waals surface area contributed by atoms with E-state index in [0.29, 0.717) is 12.2 Å². The summed E-state index contributed by atoms with van der Waals surface area (Å²) in [6.07, 6.45) is -0.246. The van der Waals surface area contributed by atoms with Crippen molar-refractivity contribution in [1.29, 1.82) is 0 Å². The van der Waals surface area contributed by atoms with Crippen LogP contribution in [0.3, 0.4) is 0 Å². The third-order valence-corrected chi connectivity index (χ3v) is 3.23. The van der Waals surface area contributed by atoms with Gasteiger partial charge in [0.25, 0.3) is 0 Å². The minimum Gasteiger partial charge on any atom is -0.508 e. The fourth-order valence-corrected chi connectivity index (χ4v) is 2.32. The number of para-hydroxylation sites is 1. The summed E-state index contributed by atoms with van der Waals surface area (Å²) in [7, 11) is 0. The van der Waals surface area contributed by atoms with Crippen LogP contribution in [0.25, 0.3) is 0 Å². The molecule has 0 bridgehead atoms. The summed E-state index contributed by atoms with van der Waals surface area (Å²) in [5.74, 6) is 0.925. The van der Waals surface area contributed by atoms with Crippen molar-refractivity contribution < 1.29 is 14.9 Å². The van der Waals surface area contributed by atoms with E-state index >= 15 is 0 Å². The minimum absolute atomic E-state index is 0.212. The summed E-state index contributed by atoms with van der Waals surface area (Å²) >= 11 is 0. The molecule has 0 aromatic heterocycles. The van der Waals surface area contributed by atoms with Gasteiger partial charge in [0.15, 0.2) is 0 Å². The third-order valence-electron chi connectivity index (χ3n) is 3.23. The zero-order chi connectivity index (χ0) is 12.5. The Labute approximate surface area is 105 Å². The molecule has 0 aliphatic carbocycles. The van der Waals surface area contributed by atoms with Gasteiger partial charge < -0.3 is 14.9 Å². The molecule has 1 aliphatic rings. The standard InChI is InChI=1S/C15H14O3/c16-11-5-3-4-10(8-11)15-9-13(17)12-6-1-2-7-14(12)18-15/h1-8,13,15-17H,9H2/t13-,15?/m0/s1. The Morgan fingerprint density at radius 2 is 1.89 bits per heavy atom. The van der Waals surface area contributed by atoms with E-state index in [-0.39, 0.29) is 11.9 Å². The van der Waals surface area contributed by atoms with Gasteiger partial charge in [-0.1, -0.05) is 30.3 Å². The Hall–Kier alpha value is -2.00. The van der Waals surface area contributed by atoms with Crippen LogP contribution in [0.2, 0.25) is 0 Å². The predicted molar refractivity (Wildman–Crippen MR) is 67.5 cm³/mol. The molecular formula is C15H14O3. The molecule has 1 heterocycles. The molecule has 2 aromatic rings. The van der Waals surface area contributed by atoms with Crippen LogP contribution >= 0.6 is 0 Å². The van der Waals surface area contributed by atoms with Crippen LogP contribution in [0.1, 0.15) is 29.8 Å². The number of phenolic OH excluding ortho intramolecular Hbond substituents is 1.